The summed E-state index contributed by atoms with van der Waals surface area (Å²) in [6.45, 7) is 5.22. The quantitative estimate of drug-likeness (QED) is 0.918. The summed E-state index contributed by atoms with van der Waals surface area (Å²) in [5.74, 6) is 1.09. The molecule has 1 aromatic rings. The average Bonchev–Trinajstić information content (AvgIpc) is 2.95. The van der Waals surface area contributed by atoms with Crippen molar-refractivity contribution in [1.82, 2.24) is 9.88 Å². The number of methoxy groups -OCH3 is 1. The third-order valence-electron chi connectivity index (χ3n) is 4.85. The second-order valence-electron chi connectivity index (χ2n) is 6.41. The summed E-state index contributed by atoms with van der Waals surface area (Å²) in [6, 6.07) is 4.35. The number of hydrogen-bond acceptors (Lipinski definition) is 5. The van der Waals surface area contributed by atoms with Crippen LogP contribution in [0.3, 0.4) is 0 Å². The molecule has 0 radical (unpaired) electrons. The number of ether oxygens (including phenoxy) is 2. The Morgan fingerprint density at radius 3 is 3.05 bits per heavy atom. The lowest BCUT2D eigenvalue weighted by molar-refractivity contribution is -0.0637. The largest absolute Gasteiger partial charge is 0.497 e. The Morgan fingerprint density at radius 1 is 1.41 bits per heavy atom. The highest BCUT2D eigenvalue weighted by molar-refractivity contribution is 5.26. The monoisotopic (exact) mass is 306 g/mol. The molecule has 0 saturated carbocycles. The molecule has 0 spiro atoms. The van der Waals surface area contributed by atoms with Gasteiger partial charge in [-0.15, -0.1) is 0 Å². The first-order valence-electron chi connectivity index (χ1n) is 8.19. The van der Waals surface area contributed by atoms with Crippen LogP contribution in [0, 0.1) is 12.8 Å². The van der Waals surface area contributed by atoms with E-state index in [9.17, 15) is 5.11 Å². The molecule has 0 amide bonds. The number of likely N-dealkylation sites (tertiary alicyclic amines) is 1. The molecule has 0 aromatic carbocycles. The van der Waals surface area contributed by atoms with Crippen molar-refractivity contribution in [2.75, 3.05) is 26.9 Å². The maximum atomic E-state index is 10.3. The highest BCUT2D eigenvalue weighted by atomic mass is 16.5. The number of hydrogen-bond donors (Lipinski definition) is 1. The molecule has 1 aromatic heterocycles. The first-order chi connectivity index (χ1) is 10.7. The molecule has 1 N–H and O–H groups in total. The Kier molecular flexibility index (Phi) is 4.96. The molecule has 5 nitrogen and oxygen atoms in total. The van der Waals surface area contributed by atoms with Crippen LogP contribution in [0.1, 0.15) is 30.7 Å². The molecule has 2 aliphatic heterocycles. The van der Waals surface area contributed by atoms with Crippen molar-refractivity contribution < 1.29 is 14.6 Å². The summed E-state index contributed by atoms with van der Waals surface area (Å²) >= 11 is 0. The van der Waals surface area contributed by atoms with Gasteiger partial charge in [-0.25, -0.2) is 0 Å². The average molecular weight is 306 g/mol. The number of aliphatic hydroxyl groups is 1. The van der Waals surface area contributed by atoms with E-state index in [1.807, 2.05) is 19.1 Å². The fourth-order valence-electron chi connectivity index (χ4n) is 3.76. The van der Waals surface area contributed by atoms with Gasteiger partial charge < -0.3 is 14.6 Å². The second-order valence-corrected chi connectivity index (χ2v) is 6.41. The van der Waals surface area contributed by atoms with Crippen LogP contribution in [0.15, 0.2) is 12.1 Å². The van der Waals surface area contributed by atoms with Crippen molar-refractivity contribution in [1.29, 1.82) is 0 Å². The van der Waals surface area contributed by atoms with E-state index in [-0.39, 0.29) is 12.0 Å². The summed E-state index contributed by atoms with van der Waals surface area (Å²) in [5, 5.41) is 10.3. The molecule has 3 rings (SSSR count). The van der Waals surface area contributed by atoms with Crippen molar-refractivity contribution in [2.24, 2.45) is 5.92 Å². The van der Waals surface area contributed by atoms with Crippen molar-refractivity contribution in [3.8, 4) is 5.75 Å². The van der Waals surface area contributed by atoms with Crippen molar-refractivity contribution in [3.63, 3.8) is 0 Å². The van der Waals surface area contributed by atoms with Gasteiger partial charge in [-0.1, -0.05) is 0 Å². The Hall–Kier alpha value is -1.17. The summed E-state index contributed by atoms with van der Waals surface area (Å²) in [7, 11) is 1.69. The third-order valence-corrected chi connectivity index (χ3v) is 4.85. The minimum atomic E-state index is -0.237. The molecular weight excluding hydrogens is 280 g/mol. The Morgan fingerprint density at radius 2 is 2.27 bits per heavy atom. The topological polar surface area (TPSA) is 54.8 Å². The first kappa shape index (κ1) is 15.7. The van der Waals surface area contributed by atoms with Gasteiger partial charge in [0.15, 0.2) is 0 Å². The van der Waals surface area contributed by atoms with Gasteiger partial charge >= 0.3 is 0 Å². The van der Waals surface area contributed by atoms with E-state index >= 15 is 0 Å². The van der Waals surface area contributed by atoms with E-state index in [2.05, 4.69) is 9.88 Å². The van der Waals surface area contributed by atoms with E-state index in [1.54, 1.807) is 7.11 Å². The minimum absolute atomic E-state index is 0.225. The zero-order valence-corrected chi connectivity index (χ0v) is 13.5. The van der Waals surface area contributed by atoms with Crippen molar-refractivity contribution in [2.45, 2.75) is 44.9 Å². The Labute approximate surface area is 132 Å². The molecule has 22 heavy (non-hydrogen) atoms. The fraction of sp³-hybridized carbons (Fsp3) is 0.706. The molecule has 2 saturated heterocycles. The number of aryl methyl sites for hydroxylation is 1. The van der Waals surface area contributed by atoms with Crippen molar-refractivity contribution >= 4 is 0 Å². The van der Waals surface area contributed by atoms with Crippen LogP contribution in [0.2, 0.25) is 0 Å². The van der Waals surface area contributed by atoms with Crippen LogP contribution in [0.25, 0.3) is 0 Å². The molecular formula is C17H26N2O3. The van der Waals surface area contributed by atoms with Crippen LogP contribution in [-0.2, 0) is 11.3 Å². The predicted octanol–water partition coefficient (Wildman–Crippen LogP) is 1.76. The van der Waals surface area contributed by atoms with Gasteiger partial charge in [0.2, 0.25) is 0 Å². The van der Waals surface area contributed by atoms with Gasteiger partial charge in [0.1, 0.15) is 5.75 Å². The lowest BCUT2D eigenvalue weighted by Gasteiger charge is -2.37. The molecule has 3 heterocycles. The smallest absolute Gasteiger partial charge is 0.122 e. The first-order valence-corrected chi connectivity index (χ1v) is 8.19. The number of rotatable bonds is 4. The lowest BCUT2D eigenvalue weighted by Crippen LogP contribution is -2.45. The highest BCUT2D eigenvalue weighted by Crippen LogP contribution is 2.31. The van der Waals surface area contributed by atoms with Crippen LogP contribution < -0.4 is 4.74 Å². The Balaban J connectivity index is 1.72. The molecule has 0 unspecified atom stereocenters. The zero-order chi connectivity index (χ0) is 15.5. The van der Waals surface area contributed by atoms with Crippen molar-refractivity contribution in [3.05, 3.63) is 23.5 Å². The van der Waals surface area contributed by atoms with E-state index in [0.29, 0.717) is 19.3 Å². The van der Waals surface area contributed by atoms with Gasteiger partial charge in [0.05, 0.1) is 25.5 Å². The summed E-state index contributed by atoms with van der Waals surface area (Å²) in [5.41, 5.74) is 2.01. The van der Waals surface area contributed by atoms with E-state index in [4.69, 9.17) is 9.47 Å². The zero-order valence-electron chi connectivity index (χ0n) is 13.5. The summed E-state index contributed by atoms with van der Waals surface area (Å²) in [4.78, 5) is 7.08. The van der Waals surface area contributed by atoms with Crippen LogP contribution in [0.5, 0.6) is 5.75 Å². The Bertz CT molecular complexity index is 509. The number of pyridine rings is 1. The van der Waals surface area contributed by atoms with Gasteiger partial charge in [0.25, 0.3) is 0 Å². The summed E-state index contributed by atoms with van der Waals surface area (Å²) in [6.07, 6.45) is 2.83. The SMILES string of the molecule is COc1cc(C)nc(CN2CCC[C@@H]2[C@@H]2COCC[C@H]2O)c1. The van der Waals surface area contributed by atoms with Crippen LogP contribution in [0.4, 0.5) is 0 Å². The standard InChI is InChI=1S/C17H26N2O3/c1-12-8-14(21-2)9-13(18-12)10-19-6-3-4-16(19)15-11-22-7-5-17(15)20/h8-9,15-17,20H,3-7,10-11H2,1-2H3/t15-,16+,17+/m0/s1. The molecule has 0 bridgehead atoms. The van der Waals surface area contributed by atoms with Gasteiger partial charge in [0, 0.05) is 42.9 Å². The molecule has 3 atom stereocenters. The molecule has 0 aliphatic carbocycles. The van der Waals surface area contributed by atoms with Crippen LogP contribution in [-0.4, -0.2) is 54.0 Å². The number of aliphatic hydroxyl groups excluding tert-OH is 1. The van der Waals surface area contributed by atoms with E-state index in [0.717, 1.165) is 43.1 Å². The fourth-order valence-corrected chi connectivity index (χ4v) is 3.76. The number of aromatic nitrogens is 1. The molecule has 122 valence electrons. The van der Waals surface area contributed by atoms with Gasteiger partial charge in [-0.3, -0.25) is 9.88 Å². The minimum Gasteiger partial charge on any atom is -0.497 e. The molecule has 2 fully saturated rings. The lowest BCUT2D eigenvalue weighted by atomic mass is 9.89. The molecule has 5 heteroatoms. The predicted molar refractivity (Wildman–Crippen MR) is 83.9 cm³/mol. The second kappa shape index (κ2) is 6.94. The molecule has 2 aliphatic rings. The maximum absolute atomic E-state index is 10.3. The van der Waals surface area contributed by atoms with Crippen LogP contribution >= 0.6 is 0 Å². The number of nitrogens with zero attached hydrogens (tertiary/aromatic N) is 2. The van der Waals surface area contributed by atoms with Gasteiger partial charge in [-0.05, 0) is 32.7 Å². The van der Waals surface area contributed by atoms with Gasteiger partial charge in [-0.2, -0.15) is 0 Å². The third kappa shape index (κ3) is 3.42. The van der Waals surface area contributed by atoms with E-state index in [1.165, 1.54) is 6.42 Å². The normalized spacial score (nSPS) is 29.7. The van der Waals surface area contributed by atoms with E-state index < -0.39 is 0 Å². The maximum Gasteiger partial charge on any atom is 0.122 e. The highest BCUT2D eigenvalue weighted by Gasteiger charge is 2.37. The summed E-state index contributed by atoms with van der Waals surface area (Å²) < 4.78 is 10.9.